The Kier molecular flexibility index (Phi) is 7.92. The summed E-state index contributed by atoms with van der Waals surface area (Å²) < 4.78 is 30.8. The fourth-order valence-electron chi connectivity index (χ4n) is 4.65. The molecular formula is C28H27BrF2N6O. The molecule has 196 valence electrons. The molecule has 2 heterocycles. The SMILES string of the molecule is OC(CN1CCN(c2ccc(N=Cc3ccc(Br)cc3)cc2)CC1)(Cn1cncn1)c1ccc(F)cc1F. The van der Waals surface area contributed by atoms with Crippen molar-refractivity contribution < 1.29 is 13.9 Å². The maximum Gasteiger partial charge on any atom is 0.137 e. The van der Waals surface area contributed by atoms with Crippen molar-refractivity contribution in [1.29, 1.82) is 0 Å². The molecule has 0 spiro atoms. The lowest BCUT2D eigenvalue weighted by molar-refractivity contribution is -0.0227. The Labute approximate surface area is 228 Å². The van der Waals surface area contributed by atoms with Gasteiger partial charge in [-0.25, -0.2) is 18.4 Å². The zero-order chi connectivity index (χ0) is 26.5. The number of benzene rings is 3. The van der Waals surface area contributed by atoms with Crippen LogP contribution in [0.15, 0.2) is 88.8 Å². The third-order valence-corrected chi connectivity index (χ3v) is 7.16. The van der Waals surface area contributed by atoms with E-state index in [1.54, 1.807) is 0 Å². The molecule has 3 aromatic carbocycles. The van der Waals surface area contributed by atoms with Gasteiger partial charge in [0.2, 0.25) is 0 Å². The molecule has 0 aliphatic carbocycles. The predicted molar refractivity (Wildman–Crippen MR) is 147 cm³/mol. The van der Waals surface area contributed by atoms with Gasteiger partial charge >= 0.3 is 0 Å². The van der Waals surface area contributed by atoms with E-state index in [2.05, 4.69) is 52.9 Å². The molecule has 1 aliphatic rings. The maximum absolute atomic E-state index is 14.7. The minimum absolute atomic E-state index is 0.00198. The van der Waals surface area contributed by atoms with Gasteiger partial charge in [-0.3, -0.25) is 9.89 Å². The van der Waals surface area contributed by atoms with E-state index in [9.17, 15) is 13.9 Å². The first-order valence-electron chi connectivity index (χ1n) is 12.3. The first-order valence-corrected chi connectivity index (χ1v) is 13.0. The molecule has 4 aromatic rings. The highest BCUT2D eigenvalue weighted by Gasteiger charge is 2.36. The fraction of sp³-hybridized carbons (Fsp3) is 0.250. The number of halogens is 3. The van der Waals surface area contributed by atoms with Crippen LogP contribution in [-0.4, -0.2) is 63.7 Å². The lowest BCUT2D eigenvalue weighted by Gasteiger charge is -2.40. The normalized spacial score (nSPS) is 16.2. The van der Waals surface area contributed by atoms with Gasteiger partial charge in [-0.15, -0.1) is 0 Å². The zero-order valence-electron chi connectivity index (χ0n) is 20.6. The van der Waals surface area contributed by atoms with Gasteiger partial charge in [-0.1, -0.05) is 34.1 Å². The van der Waals surface area contributed by atoms with Crippen LogP contribution < -0.4 is 4.90 Å². The zero-order valence-corrected chi connectivity index (χ0v) is 22.2. The summed E-state index contributed by atoms with van der Waals surface area (Å²) in [5, 5.41) is 15.7. The standard InChI is InChI=1S/C28H27BrF2N6O/c29-22-3-1-21(2-4-22)16-33-24-6-8-25(9-7-24)36-13-11-35(12-14-36)17-28(38,18-37-20-32-19-34-37)26-10-5-23(30)15-27(26)31/h1-10,15-16,19-20,38H,11-14,17-18H2. The Hall–Kier alpha value is -3.47. The second-order valence-corrected chi connectivity index (χ2v) is 10.3. The molecule has 1 saturated heterocycles. The van der Waals surface area contributed by atoms with Crippen molar-refractivity contribution in [2.24, 2.45) is 4.99 Å². The van der Waals surface area contributed by atoms with E-state index < -0.39 is 17.2 Å². The number of nitrogens with zero attached hydrogens (tertiary/aromatic N) is 6. The summed E-state index contributed by atoms with van der Waals surface area (Å²) in [6, 6.07) is 19.3. The van der Waals surface area contributed by atoms with Crippen LogP contribution >= 0.6 is 15.9 Å². The molecule has 5 rings (SSSR count). The molecule has 0 amide bonds. The van der Waals surface area contributed by atoms with Crippen molar-refractivity contribution in [3.05, 3.63) is 107 Å². The van der Waals surface area contributed by atoms with Crippen molar-refractivity contribution in [2.45, 2.75) is 12.1 Å². The molecule has 1 unspecified atom stereocenters. The molecule has 1 fully saturated rings. The van der Waals surface area contributed by atoms with Crippen LogP contribution in [-0.2, 0) is 12.1 Å². The monoisotopic (exact) mass is 580 g/mol. The van der Waals surface area contributed by atoms with Gasteiger partial charge in [0.1, 0.15) is 29.9 Å². The van der Waals surface area contributed by atoms with Crippen LogP contribution in [0.2, 0.25) is 0 Å². The Balaban J connectivity index is 1.22. The van der Waals surface area contributed by atoms with Crippen molar-refractivity contribution in [2.75, 3.05) is 37.6 Å². The Morgan fingerprint density at radius 1 is 0.947 bits per heavy atom. The molecule has 10 heteroatoms. The van der Waals surface area contributed by atoms with E-state index in [1.807, 2.05) is 42.6 Å². The highest BCUT2D eigenvalue weighted by Crippen LogP contribution is 2.29. The number of aliphatic imine (C=N–C) groups is 1. The Morgan fingerprint density at radius 3 is 2.34 bits per heavy atom. The highest BCUT2D eigenvalue weighted by molar-refractivity contribution is 9.10. The molecular weight excluding hydrogens is 554 g/mol. The number of aliphatic hydroxyl groups is 1. The first-order chi connectivity index (χ1) is 18.4. The minimum atomic E-state index is -1.61. The van der Waals surface area contributed by atoms with Gasteiger partial charge in [0.25, 0.3) is 0 Å². The van der Waals surface area contributed by atoms with Gasteiger partial charge in [0.15, 0.2) is 0 Å². The molecule has 0 radical (unpaired) electrons. The Morgan fingerprint density at radius 2 is 1.68 bits per heavy atom. The van der Waals surface area contributed by atoms with Gasteiger partial charge in [-0.2, -0.15) is 5.10 Å². The second-order valence-electron chi connectivity index (χ2n) is 9.34. The smallest absolute Gasteiger partial charge is 0.137 e. The number of aromatic nitrogens is 3. The minimum Gasteiger partial charge on any atom is -0.382 e. The van der Waals surface area contributed by atoms with Crippen LogP contribution in [0.5, 0.6) is 0 Å². The number of hydrogen-bond donors (Lipinski definition) is 1. The molecule has 1 N–H and O–H groups in total. The third-order valence-electron chi connectivity index (χ3n) is 6.63. The largest absolute Gasteiger partial charge is 0.382 e. The van der Waals surface area contributed by atoms with Gasteiger partial charge in [-0.05, 0) is 48.0 Å². The van der Waals surface area contributed by atoms with Crippen LogP contribution in [0.25, 0.3) is 0 Å². The number of β-amino-alcohol motifs (C(OH)–C–C–N with tert-alkyl or cyclic N) is 1. The number of anilines is 1. The summed E-state index contributed by atoms with van der Waals surface area (Å²) in [6.45, 7) is 3.00. The van der Waals surface area contributed by atoms with Crippen molar-refractivity contribution >= 4 is 33.5 Å². The van der Waals surface area contributed by atoms with Crippen molar-refractivity contribution in [3.8, 4) is 0 Å². The summed E-state index contributed by atoms with van der Waals surface area (Å²) in [4.78, 5) is 12.8. The van der Waals surface area contributed by atoms with Crippen LogP contribution in [0.3, 0.4) is 0 Å². The van der Waals surface area contributed by atoms with Gasteiger partial charge in [0.05, 0.1) is 12.2 Å². The average molecular weight is 581 g/mol. The molecule has 38 heavy (non-hydrogen) atoms. The lowest BCUT2D eigenvalue weighted by atomic mass is 9.92. The molecule has 7 nitrogen and oxygen atoms in total. The van der Waals surface area contributed by atoms with E-state index in [0.29, 0.717) is 13.1 Å². The van der Waals surface area contributed by atoms with E-state index in [-0.39, 0.29) is 18.7 Å². The third kappa shape index (κ3) is 6.32. The predicted octanol–water partition coefficient (Wildman–Crippen LogP) is 4.78. The quantitative estimate of drug-likeness (QED) is 0.304. The Bertz CT molecular complexity index is 1370. The summed E-state index contributed by atoms with van der Waals surface area (Å²) in [6.07, 6.45) is 4.67. The number of rotatable bonds is 8. The van der Waals surface area contributed by atoms with E-state index >= 15 is 0 Å². The maximum atomic E-state index is 14.7. The summed E-state index contributed by atoms with van der Waals surface area (Å²) in [7, 11) is 0. The van der Waals surface area contributed by atoms with Crippen molar-refractivity contribution in [1.82, 2.24) is 19.7 Å². The van der Waals surface area contributed by atoms with Gasteiger partial charge in [0, 0.05) is 60.7 Å². The van der Waals surface area contributed by atoms with E-state index in [1.165, 1.54) is 23.4 Å². The molecule has 1 aromatic heterocycles. The van der Waals surface area contributed by atoms with Crippen LogP contribution in [0, 0.1) is 11.6 Å². The summed E-state index contributed by atoms with van der Waals surface area (Å²) >= 11 is 3.43. The van der Waals surface area contributed by atoms with E-state index in [4.69, 9.17) is 0 Å². The lowest BCUT2D eigenvalue weighted by Crippen LogP contribution is -2.52. The van der Waals surface area contributed by atoms with Gasteiger partial charge < -0.3 is 10.0 Å². The van der Waals surface area contributed by atoms with Crippen molar-refractivity contribution in [3.63, 3.8) is 0 Å². The second kappa shape index (κ2) is 11.5. The molecule has 0 bridgehead atoms. The molecule has 1 aliphatic heterocycles. The fourth-order valence-corrected chi connectivity index (χ4v) is 4.92. The number of hydrogen-bond acceptors (Lipinski definition) is 6. The topological polar surface area (TPSA) is 69.8 Å². The first kappa shape index (κ1) is 26.1. The summed E-state index contributed by atoms with van der Waals surface area (Å²) in [5.41, 5.74) is 1.42. The number of piperazine rings is 1. The van der Waals surface area contributed by atoms with E-state index in [0.717, 1.165) is 46.6 Å². The average Bonchev–Trinajstić information content (AvgIpc) is 3.42. The van der Waals surface area contributed by atoms with Crippen LogP contribution in [0.1, 0.15) is 11.1 Å². The molecule has 1 atom stereocenters. The summed E-state index contributed by atoms with van der Waals surface area (Å²) in [5.74, 6) is -1.47. The highest BCUT2D eigenvalue weighted by atomic mass is 79.9. The van der Waals surface area contributed by atoms with Crippen LogP contribution in [0.4, 0.5) is 20.2 Å². The molecule has 0 saturated carbocycles.